The molecule has 1 heterocycles. The van der Waals surface area contributed by atoms with Gasteiger partial charge in [-0.25, -0.2) is 10.5 Å². The number of para-hydroxylation sites is 1. The quantitative estimate of drug-likeness (QED) is 0.551. The summed E-state index contributed by atoms with van der Waals surface area (Å²) >= 11 is 0. The highest BCUT2D eigenvalue weighted by atomic mass is 16.6. The van der Waals surface area contributed by atoms with Crippen LogP contribution in [-0.4, -0.2) is 23.4 Å². The van der Waals surface area contributed by atoms with E-state index in [1.165, 1.54) is 25.7 Å². The number of hydrogen-bond acceptors (Lipinski definition) is 5. The highest BCUT2D eigenvalue weighted by Crippen LogP contribution is 2.24. The Kier molecular flexibility index (Phi) is 6.39. The number of pyridine rings is 1. The number of amides is 2. The van der Waals surface area contributed by atoms with Crippen molar-refractivity contribution in [3.05, 3.63) is 65.4 Å². The van der Waals surface area contributed by atoms with E-state index in [2.05, 4.69) is 21.1 Å². The maximum Gasteiger partial charge on any atom is 0.276 e. The second kappa shape index (κ2) is 9.54. The molecule has 156 valence electrons. The molecule has 2 amide bonds. The average Bonchev–Trinajstić information content (AvgIpc) is 3.49. The van der Waals surface area contributed by atoms with Crippen LogP contribution in [0.1, 0.15) is 48.0 Å². The monoisotopic (exact) mass is 406 g/mol. The fraction of sp³-hybridized carbons (Fsp3) is 0.348. The summed E-state index contributed by atoms with van der Waals surface area (Å²) in [4.78, 5) is 34.1. The first kappa shape index (κ1) is 20.1. The Balaban J connectivity index is 1.32. The molecule has 4 rings (SSSR count). The van der Waals surface area contributed by atoms with E-state index < -0.39 is 0 Å². The molecule has 1 saturated carbocycles. The molecule has 1 fully saturated rings. The number of benzene rings is 1. The molecule has 0 spiro atoms. The third kappa shape index (κ3) is 5.45. The van der Waals surface area contributed by atoms with Crippen molar-refractivity contribution in [3.8, 4) is 0 Å². The zero-order chi connectivity index (χ0) is 20.8. The Morgan fingerprint density at radius 2 is 1.90 bits per heavy atom. The number of rotatable bonds is 9. The molecule has 3 N–H and O–H groups in total. The molecule has 7 nitrogen and oxygen atoms in total. The maximum absolute atomic E-state index is 12.6. The Morgan fingerprint density at radius 3 is 2.70 bits per heavy atom. The Bertz CT molecular complexity index is 951. The molecule has 0 atom stereocenters. The second-order valence-corrected chi connectivity index (χ2v) is 7.73. The minimum atomic E-state index is -0.267. The Hall–Kier alpha value is -3.19. The average molecular weight is 406 g/mol. The molecule has 0 bridgehead atoms. The summed E-state index contributed by atoms with van der Waals surface area (Å²) in [5.74, 6) is 0.679. The molecule has 0 unspecified atom stereocenters. The SMILES string of the molecule is O=C(Nc1cc(CNc2ccccc2C(=O)NOCC2CCCC2)ccn1)C1=CC1. The van der Waals surface area contributed by atoms with Crippen LogP contribution in [0.3, 0.4) is 0 Å². The molecule has 0 radical (unpaired) electrons. The van der Waals surface area contributed by atoms with Crippen molar-refractivity contribution >= 4 is 23.3 Å². The van der Waals surface area contributed by atoms with Crippen LogP contribution in [0.5, 0.6) is 0 Å². The number of hydroxylamine groups is 1. The van der Waals surface area contributed by atoms with Crippen LogP contribution >= 0.6 is 0 Å². The van der Waals surface area contributed by atoms with Crippen molar-refractivity contribution in [2.75, 3.05) is 17.2 Å². The number of aromatic nitrogens is 1. The van der Waals surface area contributed by atoms with Crippen LogP contribution in [0.4, 0.5) is 11.5 Å². The van der Waals surface area contributed by atoms with Gasteiger partial charge in [-0.1, -0.05) is 31.1 Å². The van der Waals surface area contributed by atoms with E-state index >= 15 is 0 Å². The van der Waals surface area contributed by atoms with Crippen molar-refractivity contribution < 1.29 is 14.4 Å². The molecule has 2 aliphatic rings. The van der Waals surface area contributed by atoms with Crippen molar-refractivity contribution in [3.63, 3.8) is 0 Å². The van der Waals surface area contributed by atoms with Gasteiger partial charge in [0.25, 0.3) is 11.8 Å². The van der Waals surface area contributed by atoms with Gasteiger partial charge in [0.1, 0.15) is 5.82 Å². The molecule has 0 aliphatic heterocycles. The number of anilines is 2. The van der Waals surface area contributed by atoms with Crippen LogP contribution in [0.15, 0.2) is 54.2 Å². The van der Waals surface area contributed by atoms with Crippen LogP contribution in [0, 0.1) is 5.92 Å². The van der Waals surface area contributed by atoms with Gasteiger partial charge in [-0.15, -0.1) is 0 Å². The molecule has 0 saturated heterocycles. The van der Waals surface area contributed by atoms with Crippen LogP contribution in [-0.2, 0) is 16.2 Å². The van der Waals surface area contributed by atoms with Crippen LogP contribution in [0.25, 0.3) is 0 Å². The predicted molar refractivity (Wildman–Crippen MR) is 115 cm³/mol. The first-order chi connectivity index (χ1) is 14.7. The highest BCUT2D eigenvalue weighted by Gasteiger charge is 2.18. The zero-order valence-corrected chi connectivity index (χ0v) is 16.8. The van der Waals surface area contributed by atoms with Gasteiger partial charge in [-0.2, -0.15) is 0 Å². The summed E-state index contributed by atoms with van der Waals surface area (Å²) < 4.78 is 0. The van der Waals surface area contributed by atoms with Gasteiger partial charge in [-0.05, 0) is 55.0 Å². The van der Waals surface area contributed by atoms with E-state index in [1.54, 1.807) is 12.3 Å². The molecular formula is C23H26N4O3. The first-order valence-electron chi connectivity index (χ1n) is 10.4. The second-order valence-electron chi connectivity index (χ2n) is 7.73. The lowest BCUT2D eigenvalue weighted by Crippen LogP contribution is -2.27. The smallest absolute Gasteiger partial charge is 0.276 e. The van der Waals surface area contributed by atoms with Crippen molar-refractivity contribution in [2.45, 2.75) is 38.6 Å². The third-order valence-electron chi connectivity index (χ3n) is 5.38. The van der Waals surface area contributed by atoms with Gasteiger partial charge >= 0.3 is 0 Å². The van der Waals surface area contributed by atoms with E-state index in [1.807, 2.05) is 36.4 Å². The standard InChI is InChI=1S/C23H26N4O3/c28-22(18-9-10-18)26-21-13-17(11-12-24-21)14-25-20-8-4-3-7-19(20)23(29)27-30-15-16-5-1-2-6-16/h3-4,7-9,11-13,16,25H,1-2,5-6,10,14-15H2,(H,27,29)(H,24,26,28). The Labute approximate surface area is 175 Å². The highest BCUT2D eigenvalue weighted by molar-refractivity contribution is 6.06. The normalized spacial score (nSPS) is 15.4. The van der Waals surface area contributed by atoms with E-state index in [9.17, 15) is 9.59 Å². The van der Waals surface area contributed by atoms with Gasteiger partial charge in [-0.3, -0.25) is 14.4 Å². The molecule has 30 heavy (non-hydrogen) atoms. The summed E-state index contributed by atoms with van der Waals surface area (Å²) in [6.07, 6.45) is 9.10. The van der Waals surface area contributed by atoms with Gasteiger partial charge < -0.3 is 10.6 Å². The van der Waals surface area contributed by atoms with Crippen LogP contribution < -0.4 is 16.1 Å². The van der Waals surface area contributed by atoms with Crippen molar-refractivity contribution in [2.24, 2.45) is 5.92 Å². The molecule has 1 aromatic heterocycles. The number of carbonyl (C=O) groups is 2. The largest absolute Gasteiger partial charge is 0.380 e. The van der Waals surface area contributed by atoms with Gasteiger partial charge in [0.15, 0.2) is 0 Å². The third-order valence-corrected chi connectivity index (χ3v) is 5.38. The van der Waals surface area contributed by atoms with Crippen LogP contribution in [0.2, 0.25) is 0 Å². The minimum absolute atomic E-state index is 0.104. The predicted octanol–water partition coefficient (Wildman–Crippen LogP) is 3.81. The van der Waals surface area contributed by atoms with Gasteiger partial charge in [0, 0.05) is 24.0 Å². The van der Waals surface area contributed by atoms with Gasteiger partial charge in [0.05, 0.1) is 12.2 Å². The van der Waals surface area contributed by atoms with E-state index in [0.29, 0.717) is 36.1 Å². The summed E-state index contributed by atoms with van der Waals surface area (Å²) in [6.45, 7) is 1.05. The first-order valence-corrected chi connectivity index (χ1v) is 10.4. The van der Waals surface area contributed by atoms with E-state index in [-0.39, 0.29) is 11.8 Å². The molecule has 7 heteroatoms. The van der Waals surface area contributed by atoms with E-state index in [0.717, 1.165) is 17.6 Å². The van der Waals surface area contributed by atoms with E-state index in [4.69, 9.17) is 4.84 Å². The molecular weight excluding hydrogens is 380 g/mol. The minimum Gasteiger partial charge on any atom is -0.380 e. The summed E-state index contributed by atoms with van der Waals surface area (Å²) in [7, 11) is 0. The maximum atomic E-state index is 12.6. The number of nitrogens with zero attached hydrogens (tertiary/aromatic N) is 1. The number of allylic oxidation sites excluding steroid dienone is 1. The lowest BCUT2D eigenvalue weighted by atomic mass is 10.1. The number of nitrogens with one attached hydrogen (secondary N) is 3. The fourth-order valence-electron chi connectivity index (χ4n) is 3.58. The van der Waals surface area contributed by atoms with Crippen molar-refractivity contribution in [1.29, 1.82) is 0 Å². The lowest BCUT2D eigenvalue weighted by molar-refractivity contribution is -0.112. The number of hydrogen-bond donors (Lipinski definition) is 3. The molecule has 2 aliphatic carbocycles. The van der Waals surface area contributed by atoms with Gasteiger partial charge in [0.2, 0.25) is 0 Å². The summed E-state index contributed by atoms with van der Waals surface area (Å²) in [5.41, 5.74) is 5.53. The number of carbonyl (C=O) groups excluding carboxylic acids is 2. The summed E-state index contributed by atoms with van der Waals surface area (Å²) in [5, 5.41) is 6.08. The Morgan fingerprint density at radius 1 is 1.10 bits per heavy atom. The zero-order valence-electron chi connectivity index (χ0n) is 16.8. The van der Waals surface area contributed by atoms with Crippen molar-refractivity contribution in [1.82, 2.24) is 10.5 Å². The fourth-order valence-corrected chi connectivity index (χ4v) is 3.58. The topological polar surface area (TPSA) is 92.4 Å². The lowest BCUT2D eigenvalue weighted by Gasteiger charge is -2.14. The molecule has 1 aromatic carbocycles. The molecule has 2 aromatic rings. The summed E-state index contributed by atoms with van der Waals surface area (Å²) in [6, 6.07) is 11.0.